The standard InChI is InChI=1S/C23H28ClN3O3/c1-13(21(28)25-4)27(5)17-8-6-7-14(10-17)20-23(2,3)12-15-9-16(24)11-18(22(29)30)19(15)26-20/h6-11,13,20,26H,12H2,1-5H3,(H,25,28)(H,29,30). The average molecular weight is 430 g/mol. The Labute approximate surface area is 182 Å². The second-order valence-electron chi connectivity index (χ2n) is 8.53. The van der Waals surface area contributed by atoms with Crippen molar-refractivity contribution in [1.29, 1.82) is 0 Å². The van der Waals surface area contributed by atoms with Crippen LogP contribution >= 0.6 is 11.6 Å². The summed E-state index contributed by atoms with van der Waals surface area (Å²) in [5.74, 6) is -1.07. The molecule has 0 aliphatic carbocycles. The van der Waals surface area contributed by atoms with Gasteiger partial charge in [-0.25, -0.2) is 4.79 Å². The van der Waals surface area contributed by atoms with Gasteiger partial charge in [0, 0.05) is 24.8 Å². The number of nitrogens with zero attached hydrogens (tertiary/aromatic N) is 1. The number of fused-ring (bicyclic) bond motifs is 1. The first kappa shape index (κ1) is 22.0. The summed E-state index contributed by atoms with van der Waals surface area (Å²) >= 11 is 6.17. The highest BCUT2D eigenvalue weighted by molar-refractivity contribution is 6.31. The minimum absolute atomic E-state index is 0.0593. The van der Waals surface area contributed by atoms with Crippen molar-refractivity contribution in [2.24, 2.45) is 5.41 Å². The van der Waals surface area contributed by atoms with Crippen LogP contribution in [0.25, 0.3) is 0 Å². The zero-order chi connectivity index (χ0) is 22.2. The number of amides is 1. The van der Waals surface area contributed by atoms with E-state index in [9.17, 15) is 14.7 Å². The topological polar surface area (TPSA) is 81.7 Å². The zero-order valence-electron chi connectivity index (χ0n) is 17.9. The van der Waals surface area contributed by atoms with Crippen LogP contribution in [-0.4, -0.2) is 37.1 Å². The lowest BCUT2D eigenvalue weighted by atomic mass is 9.72. The molecule has 0 fully saturated rings. The van der Waals surface area contributed by atoms with Gasteiger partial charge >= 0.3 is 5.97 Å². The van der Waals surface area contributed by atoms with Crippen LogP contribution in [0.2, 0.25) is 5.02 Å². The second-order valence-corrected chi connectivity index (χ2v) is 8.97. The summed E-state index contributed by atoms with van der Waals surface area (Å²) in [5, 5.41) is 16.2. The zero-order valence-corrected chi connectivity index (χ0v) is 18.7. The lowest BCUT2D eigenvalue weighted by Crippen LogP contribution is -2.42. The minimum atomic E-state index is -1.01. The number of nitrogens with one attached hydrogen (secondary N) is 2. The third-order valence-corrected chi connectivity index (χ3v) is 6.17. The molecule has 0 saturated heterocycles. The van der Waals surface area contributed by atoms with Crippen LogP contribution in [0.3, 0.4) is 0 Å². The fraction of sp³-hybridized carbons (Fsp3) is 0.391. The Morgan fingerprint density at radius 2 is 2.00 bits per heavy atom. The van der Waals surface area contributed by atoms with Crippen LogP contribution in [0.1, 0.15) is 48.3 Å². The van der Waals surface area contributed by atoms with Crippen LogP contribution in [0.5, 0.6) is 0 Å². The molecule has 0 radical (unpaired) electrons. The van der Waals surface area contributed by atoms with Gasteiger partial charge in [-0.1, -0.05) is 37.6 Å². The number of benzene rings is 2. The molecule has 6 nitrogen and oxygen atoms in total. The number of rotatable bonds is 5. The van der Waals surface area contributed by atoms with E-state index in [4.69, 9.17) is 11.6 Å². The monoisotopic (exact) mass is 429 g/mol. The smallest absolute Gasteiger partial charge is 0.337 e. The number of hydrogen-bond acceptors (Lipinski definition) is 4. The molecule has 0 aromatic heterocycles. The Morgan fingerprint density at radius 3 is 2.63 bits per heavy atom. The number of carbonyl (C=O) groups excluding carboxylic acids is 1. The maximum Gasteiger partial charge on any atom is 0.337 e. The number of carbonyl (C=O) groups is 2. The molecule has 2 unspecified atom stereocenters. The number of anilines is 2. The maximum atomic E-state index is 12.1. The van der Waals surface area contributed by atoms with Crippen molar-refractivity contribution in [2.45, 2.75) is 39.3 Å². The van der Waals surface area contributed by atoms with E-state index in [0.717, 1.165) is 16.8 Å². The lowest BCUT2D eigenvalue weighted by Gasteiger charge is -2.42. The van der Waals surface area contributed by atoms with Crippen LogP contribution in [0, 0.1) is 5.41 Å². The maximum absolute atomic E-state index is 12.1. The van der Waals surface area contributed by atoms with Gasteiger partial charge in [-0.15, -0.1) is 0 Å². The molecule has 1 heterocycles. The molecule has 3 rings (SSSR count). The third-order valence-electron chi connectivity index (χ3n) is 5.95. The predicted molar refractivity (Wildman–Crippen MR) is 121 cm³/mol. The van der Waals surface area contributed by atoms with E-state index in [1.54, 1.807) is 7.05 Å². The van der Waals surface area contributed by atoms with Gasteiger partial charge in [-0.2, -0.15) is 0 Å². The largest absolute Gasteiger partial charge is 0.478 e. The number of hydrogen-bond donors (Lipinski definition) is 3. The Morgan fingerprint density at radius 1 is 1.30 bits per heavy atom. The van der Waals surface area contributed by atoms with Crippen molar-refractivity contribution in [3.8, 4) is 0 Å². The SMILES string of the molecule is CNC(=O)C(C)N(C)c1cccc(C2Nc3c(cc(Cl)cc3C(=O)O)CC2(C)C)c1. The van der Waals surface area contributed by atoms with Crippen LogP contribution in [0.15, 0.2) is 36.4 Å². The van der Waals surface area contributed by atoms with E-state index in [0.29, 0.717) is 17.1 Å². The summed E-state index contributed by atoms with van der Waals surface area (Å²) in [7, 11) is 3.51. The van der Waals surface area contributed by atoms with E-state index >= 15 is 0 Å². The Kier molecular flexibility index (Phi) is 5.99. The predicted octanol–water partition coefficient (Wildman–Crippen LogP) is 4.34. The molecular weight excluding hydrogens is 402 g/mol. The van der Waals surface area contributed by atoms with Crippen molar-refractivity contribution in [2.75, 3.05) is 24.3 Å². The molecule has 30 heavy (non-hydrogen) atoms. The molecule has 0 spiro atoms. The van der Waals surface area contributed by atoms with E-state index in [1.165, 1.54) is 6.07 Å². The molecule has 2 aromatic rings. The van der Waals surface area contributed by atoms with E-state index < -0.39 is 5.97 Å². The first-order valence-corrected chi connectivity index (χ1v) is 10.3. The quantitative estimate of drug-likeness (QED) is 0.658. The fourth-order valence-corrected chi connectivity index (χ4v) is 4.38. The molecule has 160 valence electrons. The molecule has 7 heteroatoms. The van der Waals surface area contributed by atoms with Gasteiger partial charge in [0.1, 0.15) is 6.04 Å². The fourth-order valence-electron chi connectivity index (χ4n) is 4.14. The summed E-state index contributed by atoms with van der Waals surface area (Å²) < 4.78 is 0. The highest BCUT2D eigenvalue weighted by Gasteiger charge is 2.38. The average Bonchev–Trinajstić information content (AvgIpc) is 2.70. The molecule has 1 aliphatic rings. The van der Waals surface area contributed by atoms with Crippen LogP contribution in [0.4, 0.5) is 11.4 Å². The normalized spacial score (nSPS) is 18.0. The Balaban J connectivity index is 2.01. The van der Waals surface area contributed by atoms with Crippen molar-refractivity contribution in [3.63, 3.8) is 0 Å². The second kappa shape index (κ2) is 8.19. The first-order valence-electron chi connectivity index (χ1n) is 9.92. The molecular formula is C23H28ClN3O3. The highest BCUT2D eigenvalue weighted by atomic mass is 35.5. The minimum Gasteiger partial charge on any atom is -0.478 e. The van der Waals surface area contributed by atoms with E-state index in [1.807, 2.05) is 43.1 Å². The Bertz CT molecular complexity index is 990. The molecule has 1 aliphatic heterocycles. The first-order chi connectivity index (χ1) is 14.0. The van der Waals surface area contributed by atoms with Gasteiger partial charge in [0.25, 0.3) is 0 Å². The molecule has 3 N–H and O–H groups in total. The molecule has 2 aromatic carbocycles. The van der Waals surface area contributed by atoms with Crippen LogP contribution in [-0.2, 0) is 11.2 Å². The van der Waals surface area contributed by atoms with Crippen LogP contribution < -0.4 is 15.5 Å². The molecule has 0 bridgehead atoms. The van der Waals surface area contributed by atoms with Crippen molar-refractivity contribution in [1.82, 2.24) is 5.32 Å². The lowest BCUT2D eigenvalue weighted by molar-refractivity contribution is -0.121. The van der Waals surface area contributed by atoms with Gasteiger partial charge in [0.05, 0.1) is 17.3 Å². The number of carboxylic acids is 1. The number of halogens is 1. The van der Waals surface area contributed by atoms with E-state index in [-0.39, 0.29) is 29.0 Å². The molecule has 1 amide bonds. The summed E-state index contributed by atoms with van der Waals surface area (Å²) in [6.45, 7) is 6.16. The van der Waals surface area contributed by atoms with E-state index in [2.05, 4.69) is 30.5 Å². The van der Waals surface area contributed by atoms with Gasteiger partial charge < -0.3 is 20.6 Å². The van der Waals surface area contributed by atoms with Crippen molar-refractivity contribution in [3.05, 3.63) is 58.1 Å². The van der Waals surface area contributed by atoms with Gasteiger partial charge in [-0.05, 0) is 54.2 Å². The summed E-state index contributed by atoms with van der Waals surface area (Å²) in [5.41, 5.74) is 3.47. The van der Waals surface area contributed by atoms with Gasteiger partial charge in [0.2, 0.25) is 5.91 Å². The summed E-state index contributed by atoms with van der Waals surface area (Å²) in [4.78, 5) is 25.8. The summed E-state index contributed by atoms with van der Waals surface area (Å²) in [6.07, 6.45) is 0.690. The number of likely N-dealkylation sites (N-methyl/N-ethyl adjacent to an activating group) is 2. The summed E-state index contributed by atoms with van der Waals surface area (Å²) in [6, 6.07) is 10.9. The Hall–Kier alpha value is -2.73. The number of carboxylic acid groups (broad SMARTS) is 1. The highest BCUT2D eigenvalue weighted by Crippen LogP contribution is 2.47. The molecule has 2 atom stereocenters. The third kappa shape index (κ3) is 4.10. The van der Waals surface area contributed by atoms with Crippen molar-refractivity contribution < 1.29 is 14.7 Å². The van der Waals surface area contributed by atoms with Gasteiger partial charge in [-0.3, -0.25) is 4.79 Å². The van der Waals surface area contributed by atoms with Crippen molar-refractivity contribution >= 4 is 34.9 Å². The molecule has 0 saturated carbocycles. The van der Waals surface area contributed by atoms with Gasteiger partial charge in [0.15, 0.2) is 0 Å². The number of aromatic carboxylic acids is 1.